The first-order chi connectivity index (χ1) is 9.51. The summed E-state index contributed by atoms with van der Waals surface area (Å²) in [4.78, 5) is 11.3. The number of rotatable bonds is 3. The summed E-state index contributed by atoms with van der Waals surface area (Å²) in [5.41, 5.74) is 6.39. The summed E-state index contributed by atoms with van der Waals surface area (Å²) in [6.45, 7) is 0. The van der Waals surface area contributed by atoms with Crippen molar-refractivity contribution in [3.05, 3.63) is 52.0 Å². The molecule has 104 valence electrons. The van der Waals surface area contributed by atoms with Gasteiger partial charge in [-0.15, -0.1) is 0 Å². The van der Waals surface area contributed by atoms with Crippen molar-refractivity contribution in [1.29, 1.82) is 0 Å². The number of nitrogens with two attached hydrogens (primary N) is 1. The third kappa shape index (κ3) is 3.15. The molecule has 0 spiro atoms. The van der Waals surface area contributed by atoms with Crippen LogP contribution in [0.25, 0.3) is 0 Å². The smallest absolute Gasteiger partial charge is 0.337 e. The number of carbonyl (C=O) groups excluding carboxylic acids is 1. The number of benzene rings is 2. The van der Waals surface area contributed by atoms with E-state index in [1.165, 1.54) is 7.11 Å². The summed E-state index contributed by atoms with van der Waals surface area (Å²) < 4.78 is 10.2. The molecule has 2 rings (SSSR count). The van der Waals surface area contributed by atoms with Crippen molar-refractivity contribution in [2.75, 3.05) is 12.8 Å². The largest absolute Gasteiger partial charge is 0.465 e. The van der Waals surface area contributed by atoms with Gasteiger partial charge in [0.1, 0.15) is 11.5 Å². The highest BCUT2D eigenvalue weighted by Crippen LogP contribution is 2.34. The van der Waals surface area contributed by atoms with Gasteiger partial charge >= 0.3 is 5.97 Å². The minimum Gasteiger partial charge on any atom is -0.465 e. The molecule has 6 heteroatoms. The van der Waals surface area contributed by atoms with Crippen molar-refractivity contribution < 1.29 is 14.3 Å². The molecule has 0 atom stereocenters. The molecule has 2 aromatic carbocycles. The summed E-state index contributed by atoms with van der Waals surface area (Å²) in [5, 5.41) is 0.636. The number of halogens is 2. The Hall–Kier alpha value is -1.91. The molecule has 2 aromatic rings. The second kappa shape index (κ2) is 6.03. The van der Waals surface area contributed by atoms with Crippen molar-refractivity contribution in [3.63, 3.8) is 0 Å². The maximum Gasteiger partial charge on any atom is 0.337 e. The molecule has 0 aliphatic carbocycles. The van der Waals surface area contributed by atoms with Gasteiger partial charge in [-0.2, -0.15) is 0 Å². The van der Waals surface area contributed by atoms with Crippen LogP contribution in [0.15, 0.2) is 36.4 Å². The topological polar surface area (TPSA) is 61.5 Å². The molecule has 2 N–H and O–H groups in total. The number of nitrogen functional groups attached to an aromatic ring is 1. The van der Waals surface area contributed by atoms with Crippen LogP contribution in [0.3, 0.4) is 0 Å². The van der Waals surface area contributed by atoms with Crippen LogP contribution in [0.1, 0.15) is 10.4 Å². The van der Waals surface area contributed by atoms with Crippen LogP contribution >= 0.6 is 23.2 Å². The van der Waals surface area contributed by atoms with Gasteiger partial charge in [-0.05, 0) is 24.3 Å². The second-order valence-electron chi connectivity index (χ2n) is 3.92. The van der Waals surface area contributed by atoms with E-state index in [2.05, 4.69) is 4.74 Å². The fourth-order valence-corrected chi connectivity index (χ4v) is 2.00. The molecule has 0 heterocycles. The Bertz CT molecular complexity index is 618. The van der Waals surface area contributed by atoms with E-state index in [1.807, 2.05) is 0 Å². The summed E-state index contributed by atoms with van der Waals surface area (Å²) in [6.07, 6.45) is 0. The highest BCUT2D eigenvalue weighted by molar-refractivity contribution is 6.39. The van der Waals surface area contributed by atoms with Crippen LogP contribution in [-0.2, 0) is 4.74 Å². The van der Waals surface area contributed by atoms with Crippen LogP contribution < -0.4 is 10.5 Å². The molecule has 0 saturated carbocycles. The van der Waals surface area contributed by atoms with Crippen molar-refractivity contribution >= 4 is 34.9 Å². The Morgan fingerprint density at radius 2 is 1.60 bits per heavy atom. The van der Waals surface area contributed by atoms with Crippen molar-refractivity contribution in [2.24, 2.45) is 0 Å². The van der Waals surface area contributed by atoms with Crippen molar-refractivity contribution in [3.8, 4) is 11.5 Å². The molecule has 0 unspecified atom stereocenters. The molecule has 0 aliphatic heterocycles. The molecule has 20 heavy (non-hydrogen) atoms. The molecule has 0 aromatic heterocycles. The molecule has 0 amide bonds. The van der Waals surface area contributed by atoms with Gasteiger partial charge < -0.3 is 15.2 Å². The third-order valence-electron chi connectivity index (χ3n) is 2.56. The van der Waals surface area contributed by atoms with Crippen molar-refractivity contribution in [1.82, 2.24) is 0 Å². The molecule has 0 fully saturated rings. The van der Waals surface area contributed by atoms with E-state index in [0.29, 0.717) is 32.8 Å². The Balaban J connectivity index is 2.20. The monoisotopic (exact) mass is 311 g/mol. The average Bonchev–Trinajstić information content (AvgIpc) is 2.44. The van der Waals surface area contributed by atoms with E-state index in [-0.39, 0.29) is 0 Å². The molecule has 0 radical (unpaired) electrons. The highest BCUT2D eigenvalue weighted by atomic mass is 35.5. The molecular weight excluding hydrogens is 301 g/mol. The Labute approximate surface area is 126 Å². The first kappa shape index (κ1) is 14.5. The lowest BCUT2D eigenvalue weighted by molar-refractivity contribution is 0.0600. The predicted octanol–water partition coefficient (Wildman–Crippen LogP) is 4.15. The van der Waals surface area contributed by atoms with Crippen LogP contribution in [0.5, 0.6) is 11.5 Å². The Morgan fingerprint density at radius 1 is 1.05 bits per heavy atom. The van der Waals surface area contributed by atoms with Gasteiger partial charge in [0, 0.05) is 12.1 Å². The lowest BCUT2D eigenvalue weighted by Gasteiger charge is -2.09. The maximum atomic E-state index is 11.3. The van der Waals surface area contributed by atoms with E-state index in [4.69, 9.17) is 33.7 Å². The highest BCUT2D eigenvalue weighted by Gasteiger charge is 2.08. The van der Waals surface area contributed by atoms with Gasteiger partial charge in [-0.25, -0.2) is 4.79 Å². The fraction of sp³-hybridized carbons (Fsp3) is 0.0714. The standard InChI is InChI=1S/C14H11Cl2NO3/c1-19-14(18)8-2-4-9(5-3-8)20-10-6-11(15)13(17)12(16)7-10/h2-7H,17H2,1H3. The number of hydrogen-bond donors (Lipinski definition) is 1. The Kier molecular flexibility index (Phi) is 4.37. The number of methoxy groups -OCH3 is 1. The van der Waals surface area contributed by atoms with E-state index >= 15 is 0 Å². The summed E-state index contributed by atoms with van der Waals surface area (Å²) in [6, 6.07) is 9.62. The third-order valence-corrected chi connectivity index (χ3v) is 3.19. The molecule has 0 aliphatic rings. The lowest BCUT2D eigenvalue weighted by Crippen LogP contribution is -2.00. The number of hydrogen-bond acceptors (Lipinski definition) is 4. The fourth-order valence-electron chi connectivity index (χ4n) is 1.53. The Morgan fingerprint density at radius 3 is 2.10 bits per heavy atom. The quantitative estimate of drug-likeness (QED) is 0.683. The molecule has 0 bridgehead atoms. The zero-order valence-corrected chi connectivity index (χ0v) is 12.0. The minimum atomic E-state index is -0.407. The molecular formula is C14H11Cl2NO3. The van der Waals surface area contributed by atoms with E-state index in [1.54, 1.807) is 36.4 Å². The van der Waals surface area contributed by atoms with Gasteiger partial charge in [0.2, 0.25) is 0 Å². The van der Waals surface area contributed by atoms with Gasteiger partial charge in [0.05, 0.1) is 28.4 Å². The zero-order chi connectivity index (χ0) is 14.7. The number of anilines is 1. The van der Waals surface area contributed by atoms with Crippen molar-refractivity contribution in [2.45, 2.75) is 0 Å². The predicted molar refractivity (Wildman–Crippen MR) is 78.7 cm³/mol. The first-order valence-electron chi connectivity index (χ1n) is 5.62. The summed E-state index contributed by atoms with van der Waals surface area (Å²) in [5.74, 6) is 0.588. The van der Waals surface area contributed by atoms with E-state index in [0.717, 1.165) is 0 Å². The summed E-state index contributed by atoms with van der Waals surface area (Å²) >= 11 is 11.8. The number of esters is 1. The molecule has 4 nitrogen and oxygen atoms in total. The summed E-state index contributed by atoms with van der Waals surface area (Å²) in [7, 11) is 1.32. The molecule has 0 saturated heterocycles. The van der Waals surface area contributed by atoms with E-state index < -0.39 is 5.97 Å². The SMILES string of the molecule is COC(=O)c1ccc(Oc2cc(Cl)c(N)c(Cl)c2)cc1. The maximum absolute atomic E-state index is 11.3. The van der Waals surface area contributed by atoms with Gasteiger partial charge in [-0.1, -0.05) is 23.2 Å². The van der Waals surface area contributed by atoms with Crippen LogP contribution in [-0.4, -0.2) is 13.1 Å². The minimum absolute atomic E-state index is 0.307. The van der Waals surface area contributed by atoms with Crippen LogP contribution in [0.4, 0.5) is 5.69 Å². The van der Waals surface area contributed by atoms with Crippen LogP contribution in [0, 0.1) is 0 Å². The van der Waals surface area contributed by atoms with Gasteiger partial charge in [0.15, 0.2) is 0 Å². The zero-order valence-electron chi connectivity index (χ0n) is 10.5. The van der Waals surface area contributed by atoms with Crippen LogP contribution in [0.2, 0.25) is 10.0 Å². The lowest BCUT2D eigenvalue weighted by atomic mass is 10.2. The normalized spacial score (nSPS) is 10.2. The number of carbonyl (C=O) groups is 1. The van der Waals surface area contributed by atoms with E-state index in [9.17, 15) is 4.79 Å². The first-order valence-corrected chi connectivity index (χ1v) is 6.37. The number of ether oxygens (including phenoxy) is 2. The van der Waals surface area contributed by atoms with Gasteiger partial charge in [0.25, 0.3) is 0 Å². The average molecular weight is 312 g/mol. The second-order valence-corrected chi connectivity index (χ2v) is 4.73. The van der Waals surface area contributed by atoms with Gasteiger partial charge in [-0.3, -0.25) is 0 Å².